The SMILES string of the molecule is CC1CNc2c(Cl)ccc3oc(COCc4cc(Cl)ccn4)c(c23)C1. The van der Waals surface area contributed by atoms with Crippen molar-refractivity contribution in [2.45, 2.75) is 26.6 Å². The van der Waals surface area contributed by atoms with Gasteiger partial charge in [-0.3, -0.25) is 4.98 Å². The molecule has 1 aliphatic heterocycles. The molecule has 1 aromatic carbocycles. The standard InChI is InChI=1S/C19H18Cl2N2O2/c1-11-6-14-17(10-24-9-13-7-12(20)4-5-22-13)25-16-3-2-15(21)19(18(14)16)23-8-11/h2-5,7,11,23H,6,8-10H2,1H3. The molecule has 0 amide bonds. The Bertz CT molecular complexity index is 923. The topological polar surface area (TPSA) is 47.3 Å². The molecule has 4 rings (SSSR count). The Balaban J connectivity index is 1.61. The van der Waals surface area contributed by atoms with Gasteiger partial charge in [-0.15, -0.1) is 0 Å². The number of halogens is 2. The maximum atomic E-state index is 6.38. The minimum Gasteiger partial charge on any atom is -0.458 e. The average Bonchev–Trinajstić information content (AvgIpc) is 2.81. The van der Waals surface area contributed by atoms with Crippen LogP contribution in [0.1, 0.15) is 23.9 Å². The normalized spacial score (nSPS) is 16.7. The van der Waals surface area contributed by atoms with Gasteiger partial charge in [0.2, 0.25) is 0 Å². The molecule has 0 radical (unpaired) electrons. The van der Waals surface area contributed by atoms with Crippen LogP contribution in [0.15, 0.2) is 34.9 Å². The van der Waals surface area contributed by atoms with Crippen molar-refractivity contribution in [3.8, 4) is 0 Å². The number of benzene rings is 1. The Kier molecular flexibility index (Phi) is 4.59. The van der Waals surface area contributed by atoms with E-state index in [1.165, 1.54) is 5.56 Å². The lowest BCUT2D eigenvalue weighted by Crippen LogP contribution is -2.11. The monoisotopic (exact) mass is 376 g/mol. The molecule has 0 saturated heterocycles. The third kappa shape index (κ3) is 3.34. The summed E-state index contributed by atoms with van der Waals surface area (Å²) in [6.07, 6.45) is 2.61. The Labute approximate surface area is 156 Å². The Morgan fingerprint density at radius 1 is 1.28 bits per heavy atom. The second-order valence-corrected chi connectivity index (χ2v) is 7.29. The fourth-order valence-corrected chi connectivity index (χ4v) is 3.66. The summed E-state index contributed by atoms with van der Waals surface area (Å²) in [7, 11) is 0. The summed E-state index contributed by atoms with van der Waals surface area (Å²) < 4.78 is 11.9. The van der Waals surface area contributed by atoms with E-state index in [1.54, 1.807) is 18.3 Å². The zero-order valence-corrected chi connectivity index (χ0v) is 15.3. The van der Waals surface area contributed by atoms with Gasteiger partial charge in [0.15, 0.2) is 0 Å². The lowest BCUT2D eigenvalue weighted by molar-refractivity contribution is 0.0909. The van der Waals surface area contributed by atoms with Crippen molar-refractivity contribution in [3.63, 3.8) is 0 Å². The number of furan rings is 1. The van der Waals surface area contributed by atoms with Crippen LogP contribution in [0.4, 0.5) is 5.69 Å². The molecule has 1 N–H and O–H groups in total. The van der Waals surface area contributed by atoms with E-state index < -0.39 is 0 Å². The Morgan fingerprint density at radius 2 is 2.16 bits per heavy atom. The number of rotatable bonds is 4. The van der Waals surface area contributed by atoms with Crippen molar-refractivity contribution in [3.05, 3.63) is 57.5 Å². The summed E-state index contributed by atoms with van der Waals surface area (Å²) >= 11 is 12.4. The molecular formula is C19H18Cl2N2O2. The van der Waals surface area contributed by atoms with E-state index in [-0.39, 0.29) is 0 Å². The van der Waals surface area contributed by atoms with Gasteiger partial charge in [-0.25, -0.2) is 0 Å². The van der Waals surface area contributed by atoms with Gasteiger partial charge in [0, 0.05) is 28.7 Å². The van der Waals surface area contributed by atoms with Crippen molar-refractivity contribution in [2.75, 3.05) is 11.9 Å². The van der Waals surface area contributed by atoms with Gasteiger partial charge in [-0.05, 0) is 36.6 Å². The molecule has 0 aliphatic carbocycles. The molecule has 0 fully saturated rings. The number of hydrogen-bond acceptors (Lipinski definition) is 4. The van der Waals surface area contributed by atoms with Crippen LogP contribution in [0.3, 0.4) is 0 Å². The van der Waals surface area contributed by atoms with Crippen molar-refractivity contribution < 1.29 is 9.15 Å². The highest BCUT2D eigenvalue weighted by molar-refractivity contribution is 6.35. The number of aromatic nitrogens is 1. The fourth-order valence-electron chi connectivity index (χ4n) is 3.25. The van der Waals surface area contributed by atoms with Gasteiger partial charge in [-0.2, -0.15) is 0 Å². The van der Waals surface area contributed by atoms with E-state index in [2.05, 4.69) is 17.2 Å². The highest BCUT2D eigenvalue weighted by atomic mass is 35.5. The first-order valence-electron chi connectivity index (χ1n) is 8.26. The largest absolute Gasteiger partial charge is 0.458 e. The van der Waals surface area contributed by atoms with Crippen LogP contribution in [0, 0.1) is 5.92 Å². The van der Waals surface area contributed by atoms with Gasteiger partial charge >= 0.3 is 0 Å². The van der Waals surface area contributed by atoms with Crippen molar-refractivity contribution in [2.24, 2.45) is 5.92 Å². The highest BCUT2D eigenvalue weighted by Crippen LogP contribution is 2.40. The first-order valence-corrected chi connectivity index (χ1v) is 9.02. The predicted octanol–water partition coefficient (Wildman–Crippen LogP) is 5.46. The molecule has 1 unspecified atom stereocenters. The van der Waals surface area contributed by atoms with Crippen molar-refractivity contribution in [1.82, 2.24) is 4.98 Å². The number of hydrogen-bond donors (Lipinski definition) is 1. The summed E-state index contributed by atoms with van der Waals surface area (Å²) in [5.74, 6) is 1.34. The van der Waals surface area contributed by atoms with Crippen LogP contribution in [0.5, 0.6) is 0 Å². The predicted molar refractivity (Wildman–Crippen MR) is 100 cm³/mol. The Hall–Kier alpha value is -1.75. The fraction of sp³-hybridized carbons (Fsp3) is 0.316. The number of pyridine rings is 1. The smallest absolute Gasteiger partial charge is 0.136 e. The van der Waals surface area contributed by atoms with Crippen LogP contribution in [0.25, 0.3) is 11.0 Å². The summed E-state index contributed by atoms with van der Waals surface area (Å²) in [5.41, 5.74) is 3.79. The van der Waals surface area contributed by atoms with E-state index in [1.807, 2.05) is 12.1 Å². The lowest BCUT2D eigenvalue weighted by Gasteiger charge is -2.10. The molecule has 0 bridgehead atoms. The number of anilines is 1. The zero-order chi connectivity index (χ0) is 17.4. The van der Waals surface area contributed by atoms with Gasteiger partial charge in [0.25, 0.3) is 0 Å². The number of nitrogens with zero attached hydrogens (tertiary/aromatic N) is 1. The van der Waals surface area contributed by atoms with Crippen LogP contribution < -0.4 is 5.32 Å². The lowest BCUT2D eigenvalue weighted by atomic mass is 10.00. The summed E-state index contributed by atoms with van der Waals surface area (Å²) in [4.78, 5) is 4.25. The third-order valence-corrected chi connectivity index (χ3v) is 4.98. The van der Waals surface area contributed by atoms with Crippen molar-refractivity contribution >= 4 is 39.9 Å². The van der Waals surface area contributed by atoms with Gasteiger partial charge in [0.05, 0.1) is 23.0 Å². The number of nitrogens with one attached hydrogen (secondary N) is 1. The average molecular weight is 377 g/mol. The van der Waals surface area contributed by atoms with Crippen LogP contribution in [-0.4, -0.2) is 11.5 Å². The molecule has 0 spiro atoms. The Morgan fingerprint density at radius 3 is 3.00 bits per heavy atom. The van der Waals surface area contributed by atoms with E-state index in [9.17, 15) is 0 Å². The molecule has 1 atom stereocenters. The minimum absolute atomic E-state index is 0.387. The maximum absolute atomic E-state index is 6.38. The molecule has 1 aliphatic rings. The second-order valence-electron chi connectivity index (χ2n) is 6.45. The molecule has 3 aromatic rings. The quantitative estimate of drug-likeness (QED) is 0.656. The van der Waals surface area contributed by atoms with Gasteiger partial charge in [-0.1, -0.05) is 30.1 Å². The molecule has 25 heavy (non-hydrogen) atoms. The first-order chi connectivity index (χ1) is 12.1. The summed E-state index contributed by atoms with van der Waals surface area (Å²) in [5, 5.41) is 5.91. The first kappa shape index (κ1) is 16.7. The summed E-state index contributed by atoms with van der Waals surface area (Å²) in [6, 6.07) is 7.34. The zero-order valence-electron chi connectivity index (χ0n) is 13.8. The van der Waals surface area contributed by atoms with E-state index in [4.69, 9.17) is 32.4 Å². The van der Waals surface area contributed by atoms with Crippen LogP contribution in [0.2, 0.25) is 10.0 Å². The number of ether oxygens (including phenoxy) is 1. The van der Waals surface area contributed by atoms with E-state index >= 15 is 0 Å². The van der Waals surface area contributed by atoms with Gasteiger partial charge in [0.1, 0.15) is 18.0 Å². The van der Waals surface area contributed by atoms with Crippen molar-refractivity contribution in [1.29, 1.82) is 0 Å². The minimum atomic E-state index is 0.387. The van der Waals surface area contributed by atoms with Crippen LogP contribution in [-0.2, 0) is 24.4 Å². The molecule has 3 heterocycles. The molecule has 2 aromatic heterocycles. The molecule has 0 saturated carbocycles. The molecule has 130 valence electrons. The summed E-state index contributed by atoms with van der Waals surface area (Å²) in [6.45, 7) is 3.88. The van der Waals surface area contributed by atoms with Gasteiger partial charge < -0.3 is 14.5 Å². The molecule has 4 nitrogen and oxygen atoms in total. The third-order valence-electron chi connectivity index (χ3n) is 4.43. The van der Waals surface area contributed by atoms with Crippen LogP contribution >= 0.6 is 23.2 Å². The van der Waals surface area contributed by atoms with E-state index in [0.29, 0.717) is 24.2 Å². The highest BCUT2D eigenvalue weighted by Gasteiger charge is 2.24. The van der Waals surface area contributed by atoms with E-state index in [0.717, 1.165) is 46.1 Å². The molecule has 6 heteroatoms. The molecular weight excluding hydrogens is 359 g/mol. The second kappa shape index (κ2) is 6.87. The maximum Gasteiger partial charge on any atom is 0.136 e.